The molecule has 6 nitrogen and oxygen atoms in total. The van der Waals surface area contributed by atoms with Crippen molar-refractivity contribution in [2.24, 2.45) is 5.92 Å². The Bertz CT molecular complexity index is 625. The van der Waals surface area contributed by atoms with Crippen LogP contribution in [0, 0.1) is 12.8 Å². The van der Waals surface area contributed by atoms with E-state index in [2.05, 4.69) is 46.3 Å². The van der Waals surface area contributed by atoms with E-state index >= 15 is 0 Å². The van der Waals surface area contributed by atoms with Gasteiger partial charge in [0.1, 0.15) is 6.04 Å². The predicted molar refractivity (Wildman–Crippen MR) is 106 cm³/mol. The maximum absolute atomic E-state index is 12.4. The molecule has 1 fully saturated rings. The topological polar surface area (TPSA) is 61.9 Å². The first-order valence-electron chi connectivity index (χ1n) is 9.75. The largest absolute Gasteiger partial charge is 0.467 e. The molecule has 0 spiro atoms. The van der Waals surface area contributed by atoms with Crippen molar-refractivity contribution in [3.63, 3.8) is 0 Å². The van der Waals surface area contributed by atoms with Crippen molar-refractivity contribution in [3.05, 3.63) is 35.4 Å². The number of piperazine rings is 1. The second kappa shape index (κ2) is 10.4. The van der Waals surface area contributed by atoms with Gasteiger partial charge in [-0.05, 0) is 24.8 Å². The van der Waals surface area contributed by atoms with Crippen LogP contribution >= 0.6 is 0 Å². The molecule has 2 rings (SSSR count). The maximum atomic E-state index is 12.4. The van der Waals surface area contributed by atoms with Crippen LogP contribution in [0.25, 0.3) is 0 Å². The Labute approximate surface area is 162 Å². The Morgan fingerprint density at radius 3 is 2.41 bits per heavy atom. The summed E-state index contributed by atoms with van der Waals surface area (Å²) in [5, 5.41) is 2.83. The van der Waals surface area contributed by atoms with E-state index < -0.39 is 6.04 Å². The highest BCUT2D eigenvalue weighted by Gasteiger charge is 2.24. The van der Waals surface area contributed by atoms with E-state index in [1.54, 1.807) is 0 Å². The second-order valence-corrected chi connectivity index (χ2v) is 7.81. The molecule has 1 aliphatic heterocycles. The Kier molecular flexibility index (Phi) is 8.25. The summed E-state index contributed by atoms with van der Waals surface area (Å²) in [6.45, 7) is 11.0. The number of amides is 1. The molecule has 1 N–H and O–H groups in total. The van der Waals surface area contributed by atoms with E-state index in [4.69, 9.17) is 4.74 Å². The molecule has 0 aliphatic carbocycles. The Morgan fingerprint density at radius 1 is 1.15 bits per heavy atom. The summed E-state index contributed by atoms with van der Waals surface area (Å²) < 4.78 is 4.81. The molecule has 1 aliphatic rings. The molecule has 0 bridgehead atoms. The summed E-state index contributed by atoms with van der Waals surface area (Å²) >= 11 is 0. The number of nitrogens with zero attached hydrogens (tertiary/aromatic N) is 2. The quantitative estimate of drug-likeness (QED) is 0.702. The molecule has 6 heteroatoms. The molecular formula is C21H33N3O3. The lowest BCUT2D eigenvalue weighted by Gasteiger charge is -2.34. The van der Waals surface area contributed by atoms with Crippen LogP contribution < -0.4 is 5.32 Å². The molecule has 0 saturated carbocycles. The molecule has 1 saturated heterocycles. The number of nitrogens with one attached hydrogen (secondary N) is 1. The number of rotatable bonds is 8. The number of benzene rings is 1. The zero-order valence-electron chi connectivity index (χ0n) is 17.0. The highest BCUT2D eigenvalue weighted by atomic mass is 16.5. The minimum absolute atomic E-state index is 0.113. The number of hydrogen-bond donors (Lipinski definition) is 1. The van der Waals surface area contributed by atoms with Gasteiger partial charge in [-0.1, -0.05) is 43.7 Å². The molecule has 0 radical (unpaired) electrons. The van der Waals surface area contributed by atoms with Gasteiger partial charge < -0.3 is 10.1 Å². The second-order valence-electron chi connectivity index (χ2n) is 7.81. The van der Waals surface area contributed by atoms with Gasteiger partial charge in [-0.3, -0.25) is 14.6 Å². The first kappa shape index (κ1) is 21.4. The van der Waals surface area contributed by atoms with Crippen molar-refractivity contribution in [1.82, 2.24) is 15.1 Å². The lowest BCUT2D eigenvalue weighted by Crippen LogP contribution is -2.51. The number of methoxy groups -OCH3 is 1. The fraction of sp³-hybridized carbons (Fsp3) is 0.619. The van der Waals surface area contributed by atoms with Gasteiger partial charge in [0.05, 0.1) is 13.7 Å². The third-order valence-electron chi connectivity index (χ3n) is 4.85. The number of esters is 1. The highest BCUT2D eigenvalue weighted by molar-refractivity contribution is 5.85. The molecule has 1 heterocycles. The summed E-state index contributed by atoms with van der Waals surface area (Å²) in [4.78, 5) is 28.8. The number of carbonyl (C=O) groups excluding carboxylic acids is 2. The minimum Gasteiger partial charge on any atom is -0.467 e. The van der Waals surface area contributed by atoms with Crippen molar-refractivity contribution in [2.45, 2.75) is 39.8 Å². The molecule has 27 heavy (non-hydrogen) atoms. The number of aryl methyl sites for hydroxylation is 1. The highest BCUT2D eigenvalue weighted by Crippen LogP contribution is 2.11. The van der Waals surface area contributed by atoms with Crippen LogP contribution in [0.4, 0.5) is 0 Å². The van der Waals surface area contributed by atoms with Gasteiger partial charge in [-0.15, -0.1) is 0 Å². The smallest absolute Gasteiger partial charge is 0.328 e. The van der Waals surface area contributed by atoms with Crippen LogP contribution in [0.15, 0.2) is 24.3 Å². The van der Waals surface area contributed by atoms with E-state index in [1.165, 1.54) is 18.2 Å². The van der Waals surface area contributed by atoms with Crippen molar-refractivity contribution in [1.29, 1.82) is 0 Å². The molecule has 1 aromatic rings. The molecule has 1 aromatic carbocycles. The third-order valence-corrected chi connectivity index (χ3v) is 4.85. The zero-order valence-corrected chi connectivity index (χ0v) is 17.0. The van der Waals surface area contributed by atoms with Crippen molar-refractivity contribution >= 4 is 11.9 Å². The van der Waals surface area contributed by atoms with Gasteiger partial charge >= 0.3 is 5.97 Å². The van der Waals surface area contributed by atoms with Gasteiger partial charge in [0, 0.05) is 32.7 Å². The van der Waals surface area contributed by atoms with Crippen LogP contribution in [0.3, 0.4) is 0 Å². The molecule has 1 amide bonds. The van der Waals surface area contributed by atoms with Gasteiger partial charge in [0.25, 0.3) is 0 Å². The average Bonchev–Trinajstić information content (AvgIpc) is 2.62. The molecule has 0 aromatic heterocycles. The first-order valence-corrected chi connectivity index (χ1v) is 9.75. The van der Waals surface area contributed by atoms with E-state index in [-0.39, 0.29) is 11.9 Å². The summed E-state index contributed by atoms with van der Waals surface area (Å²) in [5.41, 5.74) is 2.61. The number of carbonyl (C=O) groups is 2. The average molecular weight is 376 g/mol. The van der Waals surface area contributed by atoms with Crippen LogP contribution in [0.5, 0.6) is 0 Å². The maximum Gasteiger partial charge on any atom is 0.328 e. The summed E-state index contributed by atoms with van der Waals surface area (Å²) in [5.74, 6) is -0.183. The van der Waals surface area contributed by atoms with Crippen molar-refractivity contribution in [3.8, 4) is 0 Å². The summed E-state index contributed by atoms with van der Waals surface area (Å²) in [7, 11) is 1.36. The Balaban J connectivity index is 1.77. The van der Waals surface area contributed by atoms with Gasteiger partial charge in [0.2, 0.25) is 5.91 Å². The lowest BCUT2D eigenvalue weighted by molar-refractivity contribution is -0.145. The number of ether oxygens (including phenoxy) is 1. The van der Waals surface area contributed by atoms with Crippen LogP contribution in [-0.2, 0) is 20.9 Å². The number of hydrogen-bond acceptors (Lipinski definition) is 5. The SMILES string of the molecule is COC(=O)[C@H](CC(C)C)NC(=O)CN1CCN(Cc2cccc(C)c2)CC1. The van der Waals surface area contributed by atoms with Gasteiger partial charge in [-0.2, -0.15) is 0 Å². The van der Waals surface area contributed by atoms with Crippen molar-refractivity contribution in [2.75, 3.05) is 39.8 Å². The van der Waals surface area contributed by atoms with Crippen LogP contribution in [0.2, 0.25) is 0 Å². The van der Waals surface area contributed by atoms with Crippen molar-refractivity contribution < 1.29 is 14.3 Å². The normalized spacial score (nSPS) is 16.9. The summed E-state index contributed by atoms with van der Waals surface area (Å²) in [6.07, 6.45) is 0.586. The molecule has 150 valence electrons. The van der Waals surface area contributed by atoms with E-state index in [9.17, 15) is 9.59 Å². The van der Waals surface area contributed by atoms with Crippen LogP contribution in [0.1, 0.15) is 31.4 Å². The fourth-order valence-electron chi connectivity index (χ4n) is 3.45. The van der Waals surface area contributed by atoms with E-state index in [0.717, 1.165) is 32.7 Å². The zero-order chi connectivity index (χ0) is 19.8. The summed E-state index contributed by atoms with van der Waals surface area (Å²) in [6, 6.07) is 8.03. The Morgan fingerprint density at radius 2 is 1.81 bits per heavy atom. The predicted octanol–water partition coefficient (Wildman–Crippen LogP) is 1.82. The van der Waals surface area contributed by atoms with Crippen LogP contribution in [-0.4, -0.2) is 67.6 Å². The lowest BCUT2D eigenvalue weighted by atomic mass is 10.0. The van der Waals surface area contributed by atoms with Gasteiger partial charge in [0.15, 0.2) is 0 Å². The molecule has 1 atom stereocenters. The molecule has 0 unspecified atom stereocenters. The monoisotopic (exact) mass is 375 g/mol. The molecular weight excluding hydrogens is 342 g/mol. The fourth-order valence-corrected chi connectivity index (χ4v) is 3.45. The van der Waals surface area contributed by atoms with E-state index in [1.807, 2.05) is 13.8 Å². The Hall–Kier alpha value is -1.92. The third kappa shape index (κ3) is 7.31. The minimum atomic E-state index is -0.565. The van der Waals surface area contributed by atoms with E-state index in [0.29, 0.717) is 18.9 Å². The standard InChI is InChI=1S/C21H33N3O3/c1-16(2)12-19(21(26)27-4)22-20(25)15-24-10-8-23(9-11-24)14-18-7-5-6-17(3)13-18/h5-7,13,16,19H,8-12,14-15H2,1-4H3,(H,22,25)/t19-/m0/s1. The van der Waals surface area contributed by atoms with Gasteiger partial charge in [-0.25, -0.2) is 4.79 Å². The first-order chi connectivity index (χ1) is 12.9.